The number of anilines is 1. The summed E-state index contributed by atoms with van der Waals surface area (Å²) in [6, 6.07) is 10.1. The van der Waals surface area contributed by atoms with Crippen molar-refractivity contribution in [2.24, 2.45) is 0 Å². The highest BCUT2D eigenvalue weighted by Crippen LogP contribution is 2.22. The second-order valence-corrected chi connectivity index (χ2v) is 8.88. The van der Waals surface area contributed by atoms with Crippen LogP contribution < -0.4 is 5.32 Å². The smallest absolute Gasteiger partial charge is 0.273 e. The van der Waals surface area contributed by atoms with Crippen molar-refractivity contribution in [2.45, 2.75) is 11.8 Å². The predicted octanol–water partition coefficient (Wildman–Crippen LogP) is 2.09. The maximum Gasteiger partial charge on any atom is 0.273 e. The number of rotatable bonds is 5. The second-order valence-electron chi connectivity index (χ2n) is 6.94. The number of hydrogen-bond donors (Lipinski definition) is 1. The zero-order chi connectivity index (χ0) is 21.2. The summed E-state index contributed by atoms with van der Waals surface area (Å²) in [5.74, 6) is -0.511. The van der Waals surface area contributed by atoms with Gasteiger partial charge < -0.3 is 10.2 Å². The first-order valence-electron chi connectivity index (χ1n) is 9.03. The Morgan fingerprint density at radius 1 is 1.07 bits per heavy atom. The molecule has 1 aliphatic heterocycles. The van der Waals surface area contributed by atoms with E-state index in [0.717, 1.165) is 0 Å². The first-order valence-corrected chi connectivity index (χ1v) is 10.5. The highest BCUT2D eigenvalue weighted by Gasteiger charge is 2.27. The first-order chi connectivity index (χ1) is 13.7. The molecule has 2 aromatic rings. The van der Waals surface area contributed by atoms with Gasteiger partial charge in [0.15, 0.2) is 0 Å². The van der Waals surface area contributed by atoms with Crippen LogP contribution in [0.5, 0.6) is 0 Å². The monoisotopic (exact) mass is 418 g/mol. The van der Waals surface area contributed by atoms with Gasteiger partial charge in [0.05, 0.1) is 9.82 Å². The van der Waals surface area contributed by atoms with Gasteiger partial charge in [0.25, 0.3) is 11.6 Å². The molecule has 29 heavy (non-hydrogen) atoms. The summed E-state index contributed by atoms with van der Waals surface area (Å²) in [4.78, 5) is 25.1. The lowest BCUT2D eigenvalue weighted by Gasteiger charge is -2.31. The van der Waals surface area contributed by atoms with Gasteiger partial charge in [0.2, 0.25) is 10.0 Å². The summed E-state index contributed by atoms with van der Waals surface area (Å²) >= 11 is 0. The fraction of sp³-hybridized carbons (Fsp3) is 0.316. The number of nitro benzene ring substituents is 1. The molecule has 0 aliphatic carbocycles. The zero-order valence-corrected chi connectivity index (χ0v) is 17.0. The lowest BCUT2D eigenvalue weighted by Crippen LogP contribution is -2.46. The number of nitro groups is 1. The molecule has 0 radical (unpaired) electrons. The third-order valence-corrected chi connectivity index (χ3v) is 6.79. The number of benzene rings is 2. The molecule has 10 heteroatoms. The van der Waals surface area contributed by atoms with Crippen LogP contribution in [0.25, 0.3) is 0 Å². The van der Waals surface area contributed by atoms with Crippen LogP contribution in [-0.4, -0.2) is 61.7 Å². The van der Waals surface area contributed by atoms with Crippen molar-refractivity contribution in [3.8, 4) is 0 Å². The highest BCUT2D eigenvalue weighted by molar-refractivity contribution is 7.89. The van der Waals surface area contributed by atoms with Gasteiger partial charge in [0.1, 0.15) is 0 Å². The summed E-state index contributed by atoms with van der Waals surface area (Å²) in [5, 5.41) is 13.7. The Bertz CT molecular complexity index is 1030. The predicted molar refractivity (Wildman–Crippen MR) is 108 cm³/mol. The summed E-state index contributed by atoms with van der Waals surface area (Å²) in [6.45, 7) is 3.82. The van der Waals surface area contributed by atoms with Crippen LogP contribution in [0.15, 0.2) is 47.4 Å². The average Bonchev–Trinajstić information content (AvgIpc) is 2.69. The van der Waals surface area contributed by atoms with Gasteiger partial charge in [-0.25, -0.2) is 8.42 Å². The van der Waals surface area contributed by atoms with Crippen molar-refractivity contribution in [3.05, 3.63) is 63.7 Å². The number of sulfonamides is 1. The number of aryl methyl sites for hydroxylation is 1. The number of piperazine rings is 1. The standard InChI is InChI=1S/C19H22N4O5S/c1-14-3-4-15(13-18(14)23(25)26)19(24)20-16-5-7-17(8-6-16)29(27,28)22-11-9-21(2)10-12-22/h3-8,13H,9-12H2,1-2H3,(H,20,24). The van der Waals surface area contributed by atoms with Crippen molar-refractivity contribution in [1.82, 2.24) is 9.21 Å². The Kier molecular flexibility index (Phi) is 5.96. The Hall–Kier alpha value is -2.82. The average molecular weight is 418 g/mol. The number of carbonyl (C=O) groups excluding carboxylic acids is 1. The maximum atomic E-state index is 12.7. The molecular formula is C19H22N4O5S. The molecule has 0 unspecified atom stereocenters. The third-order valence-electron chi connectivity index (χ3n) is 4.88. The number of amides is 1. The molecule has 1 saturated heterocycles. The molecule has 1 fully saturated rings. The van der Waals surface area contributed by atoms with Crippen LogP contribution in [0.1, 0.15) is 15.9 Å². The zero-order valence-electron chi connectivity index (χ0n) is 16.2. The van der Waals surface area contributed by atoms with Crippen LogP contribution >= 0.6 is 0 Å². The molecule has 0 aromatic heterocycles. The van der Waals surface area contributed by atoms with E-state index in [9.17, 15) is 23.3 Å². The van der Waals surface area contributed by atoms with Crippen LogP contribution in [-0.2, 0) is 10.0 Å². The molecule has 1 amide bonds. The van der Waals surface area contributed by atoms with Gasteiger partial charge in [-0.2, -0.15) is 4.31 Å². The van der Waals surface area contributed by atoms with E-state index in [-0.39, 0.29) is 16.1 Å². The Balaban J connectivity index is 1.73. The van der Waals surface area contributed by atoms with Crippen molar-refractivity contribution in [2.75, 3.05) is 38.5 Å². The Morgan fingerprint density at radius 2 is 1.69 bits per heavy atom. The Morgan fingerprint density at radius 3 is 2.28 bits per heavy atom. The normalized spacial score (nSPS) is 15.8. The molecule has 0 saturated carbocycles. The van der Waals surface area contributed by atoms with Crippen molar-refractivity contribution in [3.63, 3.8) is 0 Å². The summed E-state index contributed by atoms with van der Waals surface area (Å²) in [5.41, 5.74) is 0.878. The van der Waals surface area contributed by atoms with E-state index in [2.05, 4.69) is 10.2 Å². The van der Waals surface area contributed by atoms with Crippen molar-refractivity contribution in [1.29, 1.82) is 0 Å². The van der Waals surface area contributed by atoms with E-state index < -0.39 is 20.9 Å². The quantitative estimate of drug-likeness (QED) is 0.588. The number of nitrogens with one attached hydrogen (secondary N) is 1. The number of carbonyl (C=O) groups is 1. The van der Waals surface area contributed by atoms with E-state index in [0.29, 0.717) is 37.4 Å². The van der Waals surface area contributed by atoms with Crippen LogP contribution in [0.3, 0.4) is 0 Å². The molecule has 3 rings (SSSR count). The third kappa shape index (κ3) is 4.61. The van der Waals surface area contributed by atoms with Gasteiger partial charge in [-0.05, 0) is 44.3 Å². The minimum absolute atomic E-state index is 0.133. The molecule has 0 bridgehead atoms. The topological polar surface area (TPSA) is 113 Å². The minimum atomic E-state index is -3.58. The molecule has 1 heterocycles. The van der Waals surface area contributed by atoms with E-state index in [1.165, 1.54) is 46.8 Å². The summed E-state index contributed by atoms with van der Waals surface area (Å²) in [6.07, 6.45) is 0. The van der Waals surface area contributed by atoms with Gasteiger partial charge >= 0.3 is 0 Å². The lowest BCUT2D eigenvalue weighted by molar-refractivity contribution is -0.385. The van der Waals surface area contributed by atoms with Crippen LogP contribution in [0.4, 0.5) is 11.4 Å². The van der Waals surface area contributed by atoms with Crippen LogP contribution in [0.2, 0.25) is 0 Å². The molecule has 0 atom stereocenters. The van der Waals surface area contributed by atoms with Gasteiger partial charge in [-0.15, -0.1) is 0 Å². The second kappa shape index (κ2) is 8.27. The maximum absolute atomic E-state index is 12.7. The van der Waals surface area contributed by atoms with Gasteiger partial charge in [-0.3, -0.25) is 14.9 Å². The van der Waals surface area contributed by atoms with Crippen molar-refractivity contribution < 1.29 is 18.1 Å². The molecular weight excluding hydrogens is 396 g/mol. The summed E-state index contributed by atoms with van der Waals surface area (Å²) in [7, 11) is -1.64. The number of hydrogen-bond acceptors (Lipinski definition) is 6. The molecule has 154 valence electrons. The molecule has 1 N–H and O–H groups in total. The number of nitrogens with zero attached hydrogens (tertiary/aromatic N) is 3. The SMILES string of the molecule is Cc1ccc(C(=O)Nc2ccc(S(=O)(=O)N3CCN(C)CC3)cc2)cc1[N+](=O)[O-]. The fourth-order valence-corrected chi connectivity index (χ4v) is 4.46. The molecule has 1 aliphatic rings. The fourth-order valence-electron chi connectivity index (χ4n) is 3.04. The van der Waals surface area contributed by atoms with Crippen LogP contribution in [0, 0.1) is 17.0 Å². The lowest BCUT2D eigenvalue weighted by atomic mass is 10.1. The van der Waals surface area contributed by atoms with Gasteiger partial charge in [-0.1, -0.05) is 6.07 Å². The molecule has 0 spiro atoms. The molecule has 2 aromatic carbocycles. The Labute approximate surface area is 169 Å². The largest absolute Gasteiger partial charge is 0.322 e. The highest BCUT2D eigenvalue weighted by atomic mass is 32.2. The summed E-state index contributed by atoms with van der Waals surface area (Å²) < 4.78 is 26.9. The van der Waals surface area contributed by atoms with E-state index >= 15 is 0 Å². The molecule has 9 nitrogen and oxygen atoms in total. The van der Waals surface area contributed by atoms with E-state index in [4.69, 9.17) is 0 Å². The van der Waals surface area contributed by atoms with Crippen molar-refractivity contribution >= 4 is 27.3 Å². The van der Waals surface area contributed by atoms with E-state index in [1.54, 1.807) is 6.92 Å². The first kappa shape index (κ1) is 20.9. The number of likely N-dealkylation sites (N-methyl/N-ethyl adjacent to an activating group) is 1. The van der Waals surface area contributed by atoms with E-state index in [1.807, 2.05) is 7.05 Å². The minimum Gasteiger partial charge on any atom is -0.322 e. The van der Waals surface area contributed by atoms with Gasteiger partial charge in [0, 0.05) is 49.1 Å².